The fourth-order valence-electron chi connectivity index (χ4n) is 2.67. The van der Waals surface area contributed by atoms with Gasteiger partial charge in [-0.3, -0.25) is 0 Å². The molecule has 1 aromatic rings. The summed E-state index contributed by atoms with van der Waals surface area (Å²) in [4.78, 5) is -0.126. The summed E-state index contributed by atoms with van der Waals surface area (Å²) in [6, 6.07) is 2.12. The summed E-state index contributed by atoms with van der Waals surface area (Å²) < 4.78 is 45.6. The molecule has 0 radical (unpaired) electrons. The van der Waals surface area contributed by atoms with Gasteiger partial charge in [-0.1, -0.05) is 6.92 Å². The lowest BCUT2D eigenvalue weighted by atomic mass is 9.97. The summed E-state index contributed by atoms with van der Waals surface area (Å²) in [5.41, 5.74) is 5.65. The first-order valence-electron chi connectivity index (χ1n) is 6.92. The van der Waals surface area contributed by atoms with E-state index in [0.717, 1.165) is 18.9 Å². The lowest BCUT2D eigenvalue weighted by molar-refractivity contribution is 0.218. The van der Waals surface area contributed by atoms with Crippen LogP contribution in [0.4, 0.5) is 10.1 Å². The van der Waals surface area contributed by atoms with E-state index in [0.29, 0.717) is 6.54 Å². The third-order valence-corrected chi connectivity index (χ3v) is 5.87. The highest BCUT2D eigenvalue weighted by Crippen LogP contribution is 2.32. The Hall–Kier alpha value is -1.34. The molecule has 2 atom stereocenters. The maximum Gasteiger partial charge on any atom is 0.243 e. The molecule has 0 spiro atoms. The number of methoxy groups -OCH3 is 1. The topological polar surface area (TPSA) is 72.6 Å². The first kappa shape index (κ1) is 16.0. The van der Waals surface area contributed by atoms with Crippen LogP contribution in [0.1, 0.15) is 26.7 Å². The predicted molar refractivity (Wildman–Crippen MR) is 79.1 cm³/mol. The zero-order chi connectivity index (χ0) is 15.8. The van der Waals surface area contributed by atoms with Gasteiger partial charge >= 0.3 is 0 Å². The number of nitrogens with two attached hydrogens (primary N) is 1. The van der Waals surface area contributed by atoms with Gasteiger partial charge in [-0.25, -0.2) is 12.8 Å². The van der Waals surface area contributed by atoms with Crippen LogP contribution in [0, 0.1) is 11.7 Å². The minimum absolute atomic E-state index is 0.0196. The minimum Gasteiger partial charge on any atom is -0.492 e. The molecule has 0 aliphatic carbocycles. The van der Waals surface area contributed by atoms with E-state index < -0.39 is 15.8 Å². The molecule has 1 aromatic carbocycles. The Morgan fingerprint density at radius 2 is 2.00 bits per heavy atom. The Balaban J connectivity index is 2.44. The van der Waals surface area contributed by atoms with Crippen molar-refractivity contribution in [1.29, 1.82) is 0 Å². The summed E-state index contributed by atoms with van der Waals surface area (Å²) in [5, 5.41) is 0. The summed E-state index contributed by atoms with van der Waals surface area (Å²) >= 11 is 0. The van der Waals surface area contributed by atoms with Gasteiger partial charge < -0.3 is 10.5 Å². The maximum atomic E-state index is 13.9. The zero-order valence-corrected chi connectivity index (χ0v) is 13.3. The van der Waals surface area contributed by atoms with Crippen LogP contribution in [0.2, 0.25) is 0 Å². The molecule has 2 rings (SSSR count). The molecule has 2 N–H and O–H groups in total. The summed E-state index contributed by atoms with van der Waals surface area (Å²) in [5.74, 6) is -0.612. The van der Waals surface area contributed by atoms with Crippen LogP contribution < -0.4 is 10.5 Å². The van der Waals surface area contributed by atoms with Crippen molar-refractivity contribution in [2.45, 2.75) is 37.6 Å². The number of nitrogens with zero attached hydrogens (tertiary/aromatic N) is 1. The second-order valence-electron chi connectivity index (χ2n) is 5.63. The van der Waals surface area contributed by atoms with Gasteiger partial charge in [0.1, 0.15) is 0 Å². The first-order valence-corrected chi connectivity index (χ1v) is 8.36. The lowest BCUT2D eigenvalue weighted by Crippen LogP contribution is -2.44. The highest BCUT2D eigenvalue weighted by molar-refractivity contribution is 7.89. The molecular weight excluding hydrogens is 295 g/mol. The van der Waals surface area contributed by atoms with Gasteiger partial charge in [-0.2, -0.15) is 4.31 Å². The Bertz CT molecular complexity index is 610. The Morgan fingerprint density at radius 1 is 1.33 bits per heavy atom. The van der Waals surface area contributed by atoms with Gasteiger partial charge in [0.05, 0.1) is 17.7 Å². The van der Waals surface area contributed by atoms with Gasteiger partial charge in [-0.15, -0.1) is 0 Å². The Morgan fingerprint density at radius 3 is 2.57 bits per heavy atom. The van der Waals surface area contributed by atoms with Gasteiger partial charge in [0.15, 0.2) is 11.6 Å². The third kappa shape index (κ3) is 2.98. The van der Waals surface area contributed by atoms with Crippen molar-refractivity contribution in [2.75, 3.05) is 19.4 Å². The van der Waals surface area contributed by atoms with E-state index in [-0.39, 0.29) is 28.3 Å². The van der Waals surface area contributed by atoms with Crippen LogP contribution in [-0.4, -0.2) is 32.4 Å². The molecule has 21 heavy (non-hydrogen) atoms. The number of nitrogen functional groups attached to an aromatic ring is 1. The van der Waals surface area contributed by atoms with Gasteiger partial charge in [0.2, 0.25) is 10.0 Å². The minimum atomic E-state index is -3.76. The zero-order valence-electron chi connectivity index (χ0n) is 12.5. The molecule has 1 aliphatic rings. The van der Waals surface area contributed by atoms with Crippen LogP contribution in [-0.2, 0) is 10.0 Å². The fourth-order valence-corrected chi connectivity index (χ4v) is 4.50. The van der Waals surface area contributed by atoms with Crippen molar-refractivity contribution in [1.82, 2.24) is 4.31 Å². The van der Waals surface area contributed by atoms with Crippen molar-refractivity contribution < 1.29 is 17.5 Å². The van der Waals surface area contributed by atoms with Crippen LogP contribution >= 0.6 is 0 Å². The SMILES string of the molecule is COc1c(N)cc(S(=O)(=O)N2CC(C)CCC2C)cc1F. The number of hydrogen-bond donors (Lipinski definition) is 1. The van der Waals surface area contributed by atoms with E-state index in [1.807, 2.05) is 13.8 Å². The molecule has 5 nitrogen and oxygen atoms in total. The smallest absolute Gasteiger partial charge is 0.243 e. The van der Waals surface area contributed by atoms with Gasteiger partial charge in [-0.05, 0) is 37.8 Å². The third-order valence-electron chi connectivity index (χ3n) is 3.92. The molecule has 0 amide bonds. The van der Waals surface area contributed by atoms with Crippen molar-refractivity contribution >= 4 is 15.7 Å². The highest BCUT2D eigenvalue weighted by atomic mass is 32.2. The fraction of sp³-hybridized carbons (Fsp3) is 0.571. The van der Waals surface area contributed by atoms with E-state index in [2.05, 4.69) is 0 Å². The average molecular weight is 316 g/mol. The van der Waals surface area contributed by atoms with Gasteiger partial charge in [0.25, 0.3) is 0 Å². The molecule has 1 heterocycles. The number of benzene rings is 1. The van der Waals surface area contributed by atoms with Crippen LogP contribution in [0.25, 0.3) is 0 Å². The quantitative estimate of drug-likeness (QED) is 0.868. The van der Waals surface area contributed by atoms with E-state index in [9.17, 15) is 12.8 Å². The monoisotopic (exact) mass is 316 g/mol. The summed E-state index contributed by atoms with van der Waals surface area (Å²) in [6.45, 7) is 4.32. The van der Waals surface area contributed by atoms with Crippen LogP contribution in [0.5, 0.6) is 5.75 Å². The second-order valence-corrected chi connectivity index (χ2v) is 7.52. The number of piperidine rings is 1. The standard InChI is InChI=1S/C14H21FN2O3S/c1-9-4-5-10(2)17(8-9)21(18,19)11-6-12(15)14(20-3)13(16)7-11/h6-7,9-10H,4-5,8,16H2,1-3H3. The van der Waals surface area contributed by atoms with Crippen molar-refractivity contribution in [2.24, 2.45) is 5.92 Å². The summed E-state index contributed by atoms with van der Waals surface area (Å²) in [6.07, 6.45) is 1.79. The normalized spacial score (nSPS) is 24.0. The Labute approximate surface area is 124 Å². The Kier molecular flexibility index (Phi) is 4.43. The van der Waals surface area contributed by atoms with E-state index >= 15 is 0 Å². The molecule has 2 unspecified atom stereocenters. The summed E-state index contributed by atoms with van der Waals surface area (Å²) in [7, 11) is -2.47. The van der Waals surface area contributed by atoms with Crippen molar-refractivity contribution in [3.63, 3.8) is 0 Å². The van der Waals surface area contributed by atoms with Crippen LogP contribution in [0.3, 0.4) is 0 Å². The average Bonchev–Trinajstić information content (AvgIpc) is 2.41. The molecule has 7 heteroatoms. The number of sulfonamides is 1. The molecule has 0 aromatic heterocycles. The molecule has 0 bridgehead atoms. The largest absolute Gasteiger partial charge is 0.492 e. The molecule has 0 saturated carbocycles. The van der Waals surface area contributed by atoms with E-state index in [4.69, 9.17) is 10.5 Å². The van der Waals surface area contributed by atoms with Crippen molar-refractivity contribution in [3.8, 4) is 5.75 Å². The molecule has 118 valence electrons. The predicted octanol–water partition coefficient (Wildman–Crippen LogP) is 2.23. The molecule has 1 fully saturated rings. The number of hydrogen-bond acceptors (Lipinski definition) is 4. The highest BCUT2D eigenvalue weighted by Gasteiger charge is 2.34. The lowest BCUT2D eigenvalue weighted by Gasteiger charge is -2.35. The second kappa shape index (κ2) is 5.81. The van der Waals surface area contributed by atoms with Crippen molar-refractivity contribution in [3.05, 3.63) is 17.9 Å². The number of halogens is 1. The maximum absolute atomic E-state index is 13.9. The molecular formula is C14H21FN2O3S. The first-order chi connectivity index (χ1) is 9.77. The van der Waals surface area contributed by atoms with E-state index in [1.54, 1.807) is 0 Å². The number of rotatable bonds is 3. The number of ether oxygens (including phenoxy) is 1. The van der Waals surface area contributed by atoms with Crippen LogP contribution in [0.15, 0.2) is 17.0 Å². The van der Waals surface area contributed by atoms with Gasteiger partial charge in [0, 0.05) is 12.6 Å². The molecule has 1 aliphatic heterocycles. The number of anilines is 1. The molecule has 1 saturated heterocycles. The van der Waals surface area contributed by atoms with E-state index in [1.165, 1.54) is 17.5 Å².